The molecular weight excluding hydrogens is 1960 g/mol. The number of aliphatic imine (C=N–C) groups is 4. The van der Waals surface area contributed by atoms with Gasteiger partial charge in [-0.15, -0.1) is 0 Å². The predicted octanol–water partition coefficient (Wildman–Crippen LogP) is 28.3. The van der Waals surface area contributed by atoms with Gasteiger partial charge in [-0.25, -0.2) is 4.99 Å². The van der Waals surface area contributed by atoms with Gasteiger partial charge in [0.25, 0.3) is 0 Å². The first-order valence-corrected chi connectivity index (χ1v) is 59.0. The summed E-state index contributed by atoms with van der Waals surface area (Å²) >= 11 is 18.8. The summed E-state index contributed by atoms with van der Waals surface area (Å²) in [6, 6.07) is 0. The molecule has 0 aromatic carbocycles. The zero-order valence-corrected chi connectivity index (χ0v) is 93.3. The number of hydrogen-bond donors (Lipinski definition) is 0. The van der Waals surface area contributed by atoms with Crippen molar-refractivity contribution >= 4 is 144 Å². The Morgan fingerprint density at radius 2 is 0.614 bits per heavy atom. The Morgan fingerprint density at radius 3 is 0.866 bits per heavy atom. The third-order valence-electron chi connectivity index (χ3n) is 38.2. The van der Waals surface area contributed by atoms with Gasteiger partial charge in [-0.1, -0.05) is 26.0 Å². The van der Waals surface area contributed by atoms with Crippen LogP contribution >= 0.6 is 48.0 Å². The van der Waals surface area contributed by atoms with Crippen molar-refractivity contribution in [3.63, 3.8) is 0 Å². The average Bonchev–Trinajstić information content (AvgIpc) is 0.742. The molecule has 0 unspecified atom stereocenters. The van der Waals surface area contributed by atoms with Crippen molar-refractivity contribution in [2.45, 2.75) is 369 Å². The van der Waals surface area contributed by atoms with Crippen LogP contribution in [0.3, 0.4) is 0 Å². The summed E-state index contributed by atoms with van der Waals surface area (Å²) in [6.45, 7) is 71.1. The fourth-order valence-electron chi connectivity index (χ4n) is 33.2. The molecule has 0 heterocycles. The minimum atomic E-state index is -0.165. The van der Waals surface area contributed by atoms with E-state index in [9.17, 15) is 26.3 Å². The van der Waals surface area contributed by atoms with Crippen LogP contribution < -0.4 is 0 Å². The van der Waals surface area contributed by atoms with E-state index in [1.54, 1.807) is 23.5 Å². The van der Waals surface area contributed by atoms with Gasteiger partial charge in [-0.05, 0) is 112 Å². The van der Waals surface area contributed by atoms with Crippen LogP contribution in [0.25, 0.3) is 0 Å². The number of thioether (sulfide) groups is 2. The van der Waals surface area contributed by atoms with E-state index >= 15 is 0 Å². The Morgan fingerprint density at radius 1 is 0.378 bits per heavy atom. The molecule has 694 valence electrons. The van der Waals surface area contributed by atoms with E-state index < -0.39 is 0 Å². The van der Waals surface area contributed by atoms with Gasteiger partial charge < -0.3 is 0 Å². The SMILES string of the molecule is C=C(C)C[C@@H]1C[C@H](C)[C@H]2CC[C@H](C)[C@@]3([Se]C#N)CCC(=C)[C@@H]1[C@H]23.C=C1CC[C@@]2(SC#N)[C@H]3[C@H](CC[C@@H]2C)[C@@H](C)C[C@@H](CC(C)(C)N=C=S)[C@H]13.C=C1CC[C@@]2(SC#N)[C@H]3[C@H](CC[C@@H]2C)[C@@H](C)C[C@@H](CC(C)(C)N=C=[Se])[C@H]13.C=C1CC[C@@]2([Se]C#N)[C@H]3[C@H](CC[C@@H]2C)[C@@H](C)C[C@@H](CC(C)(C)N=C=S)[C@H]13.C=C1CC[C@@]2([Se]C#N)[C@H]3[C@H](CC[C@@H]2C)[C@@H](C)C[C@@H](CC(C)(C)N=C=[Se])[C@H]13. The van der Waals surface area contributed by atoms with Crippen LogP contribution in [0.1, 0.15) is 324 Å². The second-order valence-corrected chi connectivity index (χ2v) is 58.0. The maximum absolute atomic E-state index is 9.72. The molecule has 0 aromatic rings. The van der Waals surface area contributed by atoms with Crippen LogP contribution in [0.15, 0.2) is 92.9 Å². The van der Waals surface area contributed by atoms with Crippen molar-refractivity contribution in [2.75, 3.05) is 0 Å². The van der Waals surface area contributed by atoms with Crippen LogP contribution in [0, 0.1) is 230 Å². The zero-order valence-electron chi connectivity index (χ0n) is 81.5. The van der Waals surface area contributed by atoms with E-state index in [1.807, 2.05) is 0 Å². The maximum atomic E-state index is 9.72. The third-order valence-corrected chi connectivity index (χ3v) is 50.0. The number of hydrogen-bond acceptors (Lipinski definition) is 13. The molecule has 127 heavy (non-hydrogen) atoms. The second kappa shape index (κ2) is 43.3. The summed E-state index contributed by atoms with van der Waals surface area (Å²) in [7, 11) is 0. The molecule has 15 fully saturated rings. The number of isothiocyanates is 2. The van der Waals surface area contributed by atoms with Gasteiger partial charge >= 0.3 is 666 Å². The van der Waals surface area contributed by atoms with Crippen molar-refractivity contribution < 1.29 is 0 Å². The molecule has 0 spiro atoms. The van der Waals surface area contributed by atoms with Crippen molar-refractivity contribution in [3.05, 3.63) is 72.9 Å². The second-order valence-electron chi connectivity index (χ2n) is 47.4. The quantitative estimate of drug-likeness (QED) is 0.0402. The van der Waals surface area contributed by atoms with E-state index in [4.69, 9.17) is 24.4 Å². The van der Waals surface area contributed by atoms with E-state index in [0.717, 1.165) is 148 Å². The molecule has 9 nitrogen and oxygen atoms in total. The van der Waals surface area contributed by atoms with Crippen LogP contribution in [0.5, 0.6) is 0 Å². The van der Waals surface area contributed by atoms with Gasteiger partial charge in [0.1, 0.15) is 5.40 Å². The Hall–Kier alpha value is -2.05. The molecule has 0 aromatic heterocycles. The number of thiocarbonyl (C=S) groups is 2. The first kappa shape index (κ1) is 105. The van der Waals surface area contributed by atoms with Crippen LogP contribution in [0.2, 0.25) is 12.9 Å². The number of nitrogens with zero attached hydrogens (tertiary/aromatic N) is 9. The van der Waals surface area contributed by atoms with Gasteiger partial charge in [0, 0.05) is 4.75 Å². The third kappa shape index (κ3) is 21.5. The molecule has 35 atom stereocenters. The molecule has 0 radical (unpaired) electrons. The topological polar surface area (TPSA) is 168 Å². The fraction of sp³-hybridized carbons (Fsp3) is 0.807. The van der Waals surface area contributed by atoms with Gasteiger partial charge in [0.05, 0.1) is 10.7 Å². The van der Waals surface area contributed by atoms with Gasteiger partial charge in [0.15, 0.2) is 0 Å². The number of thiocyanates is 2. The van der Waals surface area contributed by atoms with Crippen molar-refractivity contribution in [1.29, 1.82) is 26.3 Å². The fourth-order valence-corrected chi connectivity index (χ4v) is 44.2. The van der Waals surface area contributed by atoms with E-state index in [2.05, 4.69) is 268 Å². The molecular formula is C109H159N9S4Se5. The van der Waals surface area contributed by atoms with E-state index in [0.29, 0.717) is 111 Å². The summed E-state index contributed by atoms with van der Waals surface area (Å²) in [5.74, 6) is 20.3. The van der Waals surface area contributed by atoms with E-state index in [1.165, 1.54) is 149 Å². The first-order chi connectivity index (χ1) is 59.9. The van der Waals surface area contributed by atoms with Crippen molar-refractivity contribution in [2.24, 2.45) is 198 Å². The normalized spacial score (nSPS) is 43.0. The summed E-state index contributed by atoms with van der Waals surface area (Å²) in [5, 5.41) is 58.6. The molecule has 0 bridgehead atoms. The number of rotatable bonds is 19. The minimum absolute atomic E-state index is 0.0678. The summed E-state index contributed by atoms with van der Waals surface area (Å²) in [4.78, 5) is 26.1. The molecule has 15 rings (SSSR count). The number of allylic oxidation sites excluding steroid dienone is 6. The monoisotopic (exact) mass is 2120 g/mol. The predicted molar refractivity (Wildman–Crippen MR) is 547 cm³/mol. The molecule has 0 saturated heterocycles. The van der Waals surface area contributed by atoms with E-state index in [-0.39, 0.29) is 85.1 Å². The first-order valence-electron chi connectivity index (χ1n) is 49.7. The zero-order chi connectivity index (χ0) is 93.2. The molecule has 0 aliphatic heterocycles. The molecule has 15 aliphatic carbocycles. The Labute approximate surface area is 826 Å². The molecule has 0 amide bonds. The Bertz CT molecular complexity index is 4010. The van der Waals surface area contributed by atoms with Crippen molar-refractivity contribution in [3.8, 4) is 25.7 Å². The van der Waals surface area contributed by atoms with Gasteiger partial charge in [-0.3, -0.25) is 0 Å². The molecule has 18 heteroatoms. The standard InChI is InChI=1S/C22H32N2S2.2C22H32N2SSe.C22H32N2Se2.C21H31NSe/c2*1-14-8-9-22(26-12-23)16(3)6-7-18-15(2)10-17(19(14)20(18)22)11-21(4,5)24-13-25;1-14-8-9-22(25-12-23)16(3)6-7-18-15(2)10-17(19(14)20(18)22)11-21(4,5)24-13-26;1-14-8-9-22(26-12-23)16(3)6-7-18-15(2)10-17(19(14)20(18)22)11-21(4,5)24-13-25;1-13(2)10-17-11-15(4)18-7-6-16(5)21(23-12-22)9-8-14(3)19(17)20(18)21/h4*15-20H,1,6-11H2,2-5H3;15-20H,1,3,6-11H2,2,4-5H3/t4*15-,16-,17-,18+,19-,20-,22-;15-,16-,17+,18+,19-,20-,21-/m00000/s1. The molecule has 15 saturated carbocycles. The molecule has 15 aliphatic rings. The van der Waals surface area contributed by atoms with Crippen LogP contribution in [-0.4, -0.2) is 127 Å². The van der Waals surface area contributed by atoms with Crippen LogP contribution in [0.4, 0.5) is 0 Å². The molecule has 0 N–H and O–H groups in total. The Kier molecular flexibility index (Phi) is 36.0. The Balaban J connectivity index is 0.000000154. The summed E-state index contributed by atoms with van der Waals surface area (Å²) in [5.41, 5.74) is 8.14. The number of nitriles is 5. The van der Waals surface area contributed by atoms with Gasteiger partial charge in [-0.2, -0.15) is 5.26 Å². The average molecular weight is 2120 g/mol. The van der Waals surface area contributed by atoms with Gasteiger partial charge in [0.2, 0.25) is 0 Å². The van der Waals surface area contributed by atoms with Crippen LogP contribution in [-0.2, 0) is 0 Å². The summed E-state index contributed by atoms with van der Waals surface area (Å²) < 4.78 is 6.92. The van der Waals surface area contributed by atoms with Crippen molar-refractivity contribution in [1.82, 2.24) is 0 Å². The summed E-state index contributed by atoms with van der Waals surface area (Å²) in [6.07, 6.45) is 36.5.